The summed E-state index contributed by atoms with van der Waals surface area (Å²) in [5.41, 5.74) is 0. The van der Waals surface area contributed by atoms with Gasteiger partial charge in [0.15, 0.2) is 31.5 Å². The molecule has 0 aromatic carbocycles. The first-order valence-electron chi connectivity index (χ1n) is 46.3. The fourth-order valence-electron chi connectivity index (χ4n) is 16.9. The van der Waals surface area contributed by atoms with Gasteiger partial charge < -0.3 is 175 Å². The molecule has 0 radical (unpaired) electrons. The van der Waals surface area contributed by atoms with Crippen molar-refractivity contribution in [3.8, 4) is 0 Å². The zero-order valence-corrected chi connectivity index (χ0v) is 74.0. The molecule has 6 aliphatic heterocycles. The number of allylic oxidation sites excluding steroid dienone is 3. The molecule has 33 atom stereocenters. The molecule has 3 amide bonds. The number of nitrogens with one attached hydrogen (secondary N) is 3. The highest BCUT2D eigenvalue weighted by Crippen LogP contribution is 2.41. The Labute approximate surface area is 739 Å². The van der Waals surface area contributed by atoms with Crippen LogP contribution in [0.4, 0.5) is 0 Å². The van der Waals surface area contributed by atoms with Crippen molar-refractivity contribution in [2.45, 2.75) is 454 Å². The summed E-state index contributed by atoms with van der Waals surface area (Å²) in [6.45, 7) is -0.641. The minimum atomic E-state index is -3.22. The van der Waals surface area contributed by atoms with Crippen LogP contribution in [-0.4, -0.2) is 374 Å². The third-order valence-corrected chi connectivity index (χ3v) is 24.4. The number of carboxylic acid groups (broad SMARTS) is 1. The van der Waals surface area contributed by atoms with Gasteiger partial charge in [-0.25, -0.2) is 4.79 Å². The quantitative estimate of drug-likeness (QED) is 0.0274. The predicted octanol–water partition coefficient (Wildman–Crippen LogP) is -0.321. The van der Waals surface area contributed by atoms with Crippen LogP contribution in [0.2, 0.25) is 0 Å². The van der Waals surface area contributed by atoms with Crippen LogP contribution in [0.1, 0.15) is 252 Å². The molecule has 23 N–H and O–H groups in total. The lowest BCUT2D eigenvalue weighted by molar-refractivity contribution is -0.394. The number of rotatable bonds is 62. The van der Waals surface area contributed by atoms with E-state index in [0.717, 1.165) is 65.2 Å². The lowest BCUT2D eigenvalue weighted by Gasteiger charge is -2.51. The molecule has 6 aliphatic rings. The number of carboxylic acids is 1. The maximum absolute atomic E-state index is 13.6. The second kappa shape index (κ2) is 59.7. The first kappa shape index (κ1) is 111. The highest BCUT2D eigenvalue weighted by atomic mass is 16.8. The van der Waals surface area contributed by atoms with Gasteiger partial charge in [0, 0.05) is 26.7 Å². The molecule has 0 aromatic rings. The molecule has 6 saturated heterocycles. The number of ether oxygens (including phenoxy) is 12. The number of carbonyl (C=O) groups excluding carboxylic acids is 3. The predicted molar refractivity (Wildman–Crippen MR) is 448 cm³/mol. The number of aliphatic carboxylic acids is 1. The van der Waals surface area contributed by atoms with Gasteiger partial charge in [-0.2, -0.15) is 0 Å². The monoisotopic (exact) mass is 1820 g/mol. The molecule has 0 aliphatic carbocycles. The third-order valence-electron chi connectivity index (χ3n) is 24.4. The van der Waals surface area contributed by atoms with Crippen molar-refractivity contribution in [1.82, 2.24) is 16.0 Å². The summed E-state index contributed by atoms with van der Waals surface area (Å²) in [6, 6.07) is -4.71. The first-order chi connectivity index (χ1) is 60.5. The van der Waals surface area contributed by atoms with E-state index in [1.165, 1.54) is 148 Å². The van der Waals surface area contributed by atoms with E-state index in [2.05, 4.69) is 41.9 Å². The van der Waals surface area contributed by atoms with E-state index < -0.39 is 272 Å². The summed E-state index contributed by atoms with van der Waals surface area (Å²) < 4.78 is 70.6. The Morgan fingerprint density at radius 1 is 0.413 bits per heavy atom. The van der Waals surface area contributed by atoms with Crippen molar-refractivity contribution in [3.05, 3.63) is 24.3 Å². The fraction of sp³-hybridized carbons (Fsp3) is 0.908. The van der Waals surface area contributed by atoms with Crippen LogP contribution in [0.3, 0.4) is 0 Å². The second-order valence-corrected chi connectivity index (χ2v) is 34.5. The molecule has 12 unspecified atom stereocenters. The Balaban J connectivity index is 1.07. The van der Waals surface area contributed by atoms with Crippen LogP contribution in [0.25, 0.3) is 0 Å². The Morgan fingerprint density at radius 3 is 1.20 bits per heavy atom. The molecular formula is C87H155N3O36. The largest absolute Gasteiger partial charge is 0.477 e. The van der Waals surface area contributed by atoms with Crippen molar-refractivity contribution >= 4 is 23.7 Å². The number of aliphatic hydroxyl groups excluding tert-OH is 19. The maximum atomic E-state index is 13.6. The van der Waals surface area contributed by atoms with Crippen LogP contribution in [0.5, 0.6) is 0 Å². The van der Waals surface area contributed by atoms with Gasteiger partial charge in [-0.05, 0) is 44.9 Å². The van der Waals surface area contributed by atoms with Crippen LogP contribution in [0.15, 0.2) is 24.3 Å². The smallest absolute Gasteiger partial charge is 0.364 e. The molecule has 39 heteroatoms. The van der Waals surface area contributed by atoms with Crippen LogP contribution >= 0.6 is 0 Å². The van der Waals surface area contributed by atoms with Gasteiger partial charge in [0.25, 0.3) is 5.79 Å². The van der Waals surface area contributed by atoms with Crippen LogP contribution in [-0.2, 0) is 76.0 Å². The minimum absolute atomic E-state index is 0.158. The third kappa shape index (κ3) is 34.5. The molecule has 0 aromatic heterocycles. The van der Waals surface area contributed by atoms with E-state index in [1.807, 2.05) is 6.08 Å². The number of unbranched alkanes of at least 4 members (excludes halogenated alkanes) is 30. The van der Waals surface area contributed by atoms with Crippen LogP contribution in [0, 0.1) is 0 Å². The van der Waals surface area contributed by atoms with E-state index in [1.54, 1.807) is 6.08 Å². The van der Waals surface area contributed by atoms with Gasteiger partial charge in [-0.3, -0.25) is 14.4 Å². The molecular weight excluding hydrogens is 1660 g/mol. The molecule has 6 rings (SSSR count). The van der Waals surface area contributed by atoms with Crippen LogP contribution < -0.4 is 16.0 Å². The van der Waals surface area contributed by atoms with Crippen molar-refractivity contribution in [1.29, 1.82) is 0 Å². The van der Waals surface area contributed by atoms with Crippen molar-refractivity contribution in [2.75, 3.05) is 46.2 Å². The Hall–Kier alpha value is -3.88. The normalized spacial score (nSPS) is 34.9. The van der Waals surface area contributed by atoms with E-state index in [-0.39, 0.29) is 12.3 Å². The van der Waals surface area contributed by atoms with Crippen molar-refractivity contribution in [2.24, 2.45) is 0 Å². The molecule has 6 heterocycles. The molecule has 6 fully saturated rings. The lowest BCUT2D eigenvalue weighted by Crippen LogP contribution is -2.71. The van der Waals surface area contributed by atoms with Gasteiger partial charge in [-0.15, -0.1) is 0 Å². The zero-order chi connectivity index (χ0) is 92.4. The summed E-state index contributed by atoms with van der Waals surface area (Å²) >= 11 is 0. The summed E-state index contributed by atoms with van der Waals surface area (Å²) in [5.74, 6) is -7.44. The SMILES string of the molecule is CCCCCCCC/C=C\CCCCCCCCCCCCCCCC(=O)N[C@@H](CO[C@@H]1OC(CO)[C@@H](O[C@@H]2OC(CO)[C@H](O)[C@H](O[C@H]3OC(CO)[C@H](O)[C@H](O[C@@H]4OC(CO)[C@@H](O[C@@H]5OC(CO)[C@H](O)[C@H](O[C@]6(C(=O)O)CC(O)[C@@H](NC(C)=O)C([C@H](O)[C@H](O)CO)O6)C5O)[C@H](O)C4NC(C)=O)C3O)C2O)[C@H](O)C1O)[C@H](O)/C=C/CCCCCCCCCCCCC. The standard InChI is InChI=1S/C87H155N3O36/c1-5-7-9-11-13-15-17-19-20-21-22-23-24-25-26-27-28-30-32-34-36-38-40-42-62(102)90-53(54(99)41-39-37-35-33-31-29-18-16-14-12-10-8-6-2)50-115-82-71(109)70(108)76(61(49-96)120-82)122-83-73(111)79(67(105)58(46-93)116-83)124-84-72(110)78(66(104)57(45-92)117-84)123-81-64(89-52(4)98)69(107)75(60(48-95)119-81)121-85-74(112)80(68(106)59(47-94)118-85)126-87(86(113)114)43-55(100)63(88-51(3)97)77(125-87)65(103)56(101)44-91/h19-20,39,41,53-61,63-85,91-96,99-101,103-112H,5-18,21-38,40,42-50H2,1-4H3,(H,88,97)(H,89,98)(H,90,102)(H,113,114)/b20-19-,41-39+/t53-,54+,55?,56+,57?,58?,59?,60?,61?,63+,64?,65+,66-,67-,68-,69+,70+,71?,72?,73?,74?,75+,76+,77?,78-,79-,80-,81-,82+,83-,84+,85-,87-/m0/s1. The number of aliphatic hydroxyl groups is 19. The average molecular weight is 1820 g/mol. The molecule has 39 nitrogen and oxygen atoms in total. The Morgan fingerprint density at radius 2 is 0.778 bits per heavy atom. The van der Waals surface area contributed by atoms with Crippen molar-refractivity contribution < 1.29 is 178 Å². The second-order valence-electron chi connectivity index (χ2n) is 34.5. The lowest BCUT2D eigenvalue weighted by atomic mass is 9.88. The highest BCUT2D eigenvalue weighted by Gasteiger charge is 2.62. The van der Waals surface area contributed by atoms with Gasteiger partial charge in [-0.1, -0.05) is 205 Å². The summed E-state index contributed by atoms with van der Waals surface area (Å²) in [4.78, 5) is 51.9. The summed E-state index contributed by atoms with van der Waals surface area (Å²) in [6.07, 6.45) is -14.1. The molecule has 126 heavy (non-hydrogen) atoms. The zero-order valence-electron chi connectivity index (χ0n) is 74.0. The van der Waals surface area contributed by atoms with Crippen molar-refractivity contribution in [3.63, 3.8) is 0 Å². The molecule has 734 valence electrons. The Bertz CT molecular complexity index is 3030. The van der Waals surface area contributed by atoms with Gasteiger partial charge in [0.05, 0.1) is 70.5 Å². The average Bonchev–Trinajstić information content (AvgIpc) is 0.753. The van der Waals surface area contributed by atoms with E-state index in [4.69, 9.17) is 56.8 Å². The van der Waals surface area contributed by atoms with Gasteiger partial charge in [0.1, 0.15) is 140 Å². The fourth-order valence-corrected chi connectivity index (χ4v) is 16.9. The van der Waals surface area contributed by atoms with Gasteiger partial charge >= 0.3 is 5.97 Å². The number of hydrogen-bond acceptors (Lipinski definition) is 35. The number of amides is 3. The molecule has 0 bridgehead atoms. The van der Waals surface area contributed by atoms with Gasteiger partial charge in [0.2, 0.25) is 17.7 Å². The highest BCUT2D eigenvalue weighted by molar-refractivity contribution is 5.77. The Kier molecular flexibility index (Phi) is 52.5. The van der Waals surface area contributed by atoms with E-state index in [0.29, 0.717) is 12.8 Å². The summed E-state index contributed by atoms with van der Waals surface area (Å²) in [5, 5.41) is 231. The topological polar surface area (TPSA) is 620 Å². The molecule has 0 spiro atoms. The van der Waals surface area contributed by atoms with E-state index >= 15 is 0 Å². The summed E-state index contributed by atoms with van der Waals surface area (Å²) in [7, 11) is 0. The minimum Gasteiger partial charge on any atom is -0.477 e. The number of carbonyl (C=O) groups is 4. The maximum Gasteiger partial charge on any atom is 0.364 e. The van der Waals surface area contributed by atoms with E-state index in [9.17, 15) is 121 Å². The first-order valence-corrected chi connectivity index (χ1v) is 46.3. The number of hydrogen-bond donors (Lipinski definition) is 23. The molecule has 0 saturated carbocycles.